The molecule has 0 saturated carbocycles. The van der Waals surface area contributed by atoms with Gasteiger partial charge < -0.3 is 9.73 Å². The lowest BCUT2D eigenvalue weighted by Crippen LogP contribution is -2.33. The van der Waals surface area contributed by atoms with E-state index in [2.05, 4.69) is 35.8 Å². The molecule has 2 heterocycles. The lowest BCUT2D eigenvalue weighted by atomic mass is 10.3. The number of aromatic nitrogens is 3. The molecule has 0 fully saturated rings. The van der Waals surface area contributed by atoms with Crippen LogP contribution in [0.1, 0.15) is 0 Å². The van der Waals surface area contributed by atoms with Crippen LogP contribution >= 0.6 is 0 Å². The molecule has 11 nitrogen and oxygen atoms in total. The van der Waals surface area contributed by atoms with Gasteiger partial charge in [0.15, 0.2) is 5.58 Å². The molecule has 0 unspecified atom stereocenters. The van der Waals surface area contributed by atoms with Crippen LogP contribution < -0.4 is 20.9 Å². The number of oxazole rings is 1. The van der Waals surface area contributed by atoms with Gasteiger partial charge in [-0.05, 0) is 42.5 Å². The molecule has 30 heavy (non-hydrogen) atoms. The highest BCUT2D eigenvalue weighted by atomic mass is 32.2. The molecule has 0 atom stereocenters. The second-order valence-electron chi connectivity index (χ2n) is 5.89. The van der Waals surface area contributed by atoms with Crippen molar-refractivity contribution in [2.24, 2.45) is 0 Å². The molecule has 2 aromatic heterocycles. The highest BCUT2D eigenvalue weighted by Crippen LogP contribution is 2.18. The maximum Gasteiger partial charge on any atom is 0.337 e. The fourth-order valence-corrected chi connectivity index (χ4v) is 3.40. The summed E-state index contributed by atoms with van der Waals surface area (Å²) < 4.78 is 32.4. The number of benzene rings is 2. The number of hydrogen-bond donors (Lipinski definition) is 4. The fraction of sp³-hybridized carbons (Fsp3) is 0. The number of fused-ring (bicyclic) bond motifs is 1. The monoisotopic (exact) mass is 425 g/mol. The minimum Gasteiger partial charge on any atom is -0.422 e. The molecule has 4 aromatic rings. The third-order valence-electron chi connectivity index (χ3n) is 3.79. The van der Waals surface area contributed by atoms with Crippen LogP contribution in [0.25, 0.3) is 11.1 Å². The Morgan fingerprint density at radius 3 is 2.40 bits per heavy atom. The predicted molar refractivity (Wildman–Crippen MR) is 109 cm³/mol. The molecule has 0 aliphatic rings. The molecule has 4 rings (SSSR count). The summed E-state index contributed by atoms with van der Waals surface area (Å²) in [6, 6.07) is 13.8. The van der Waals surface area contributed by atoms with E-state index in [1.807, 2.05) is 12.1 Å². The summed E-state index contributed by atoms with van der Waals surface area (Å²) in [4.78, 5) is 23.8. The summed E-state index contributed by atoms with van der Waals surface area (Å²) in [6.07, 6.45) is 2.84. The number of rotatable bonds is 6. The van der Waals surface area contributed by atoms with Crippen molar-refractivity contribution in [3.8, 4) is 0 Å². The molecule has 2 aromatic carbocycles. The lowest BCUT2D eigenvalue weighted by Gasteiger charge is -2.09. The first-order valence-electron chi connectivity index (χ1n) is 8.58. The maximum absolute atomic E-state index is 12.4. The van der Waals surface area contributed by atoms with Gasteiger partial charge in [0.05, 0.1) is 4.90 Å². The molecule has 0 aliphatic heterocycles. The number of carbonyl (C=O) groups excluding carboxylic acids is 1. The summed E-state index contributed by atoms with van der Waals surface area (Å²) in [7, 11) is -3.85. The summed E-state index contributed by atoms with van der Waals surface area (Å²) in [5, 5.41) is 2.55. The number of hydrazine groups is 1. The summed E-state index contributed by atoms with van der Waals surface area (Å²) in [5.74, 6) is -0.0376. The smallest absolute Gasteiger partial charge is 0.337 e. The predicted octanol–water partition coefficient (Wildman–Crippen LogP) is 2.57. The van der Waals surface area contributed by atoms with Crippen LogP contribution in [-0.2, 0) is 10.0 Å². The highest BCUT2D eigenvalue weighted by molar-refractivity contribution is 7.92. The fourth-order valence-electron chi connectivity index (χ4n) is 2.45. The molecule has 0 spiro atoms. The number of carbonyl (C=O) groups is 1. The van der Waals surface area contributed by atoms with Crippen molar-refractivity contribution in [1.82, 2.24) is 20.4 Å². The Labute approximate surface area is 170 Å². The Morgan fingerprint density at radius 2 is 1.67 bits per heavy atom. The molecule has 0 saturated heterocycles. The van der Waals surface area contributed by atoms with Gasteiger partial charge in [-0.1, -0.05) is 12.1 Å². The quantitative estimate of drug-likeness (QED) is 0.344. The van der Waals surface area contributed by atoms with E-state index < -0.39 is 16.1 Å². The van der Waals surface area contributed by atoms with Crippen molar-refractivity contribution in [2.75, 3.05) is 15.5 Å². The molecule has 4 N–H and O–H groups in total. The maximum atomic E-state index is 12.4. The minimum atomic E-state index is -3.85. The third-order valence-corrected chi connectivity index (χ3v) is 5.13. The average Bonchev–Trinajstić information content (AvgIpc) is 3.16. The number of para-hydroxylation sites is 2. The summed E-state index contributed by atoms with van der Waals surface area (Å²) >= 11 is 0. The van der Waals surface area contributed by atoms with Crippen LogP contribution in [0.2, 0.25) is 0 Å². The highest BCUT2D eigenvalue weighted by Gasteiger charge is 2.15. The number of urea groups is 1. The van der Waals surface area contributed by atoms with Crippen LogP contribution in [0.5, 0.6) is 0 Å². The van der Waals surface area contributed by atoms with Crippen LogP contribution in [0.3, 0.4) is 0 Å². The Hall–Kier alpha value is -4.19. The average molecular weight is 425 g/mol. The Morgan fingerprint density at radius 1 is 0.933 bits per heavy atom. The SMILES string of the molecule is O=C(NNc1nc2ccccc2o1)Nc1ccc(S(=O)(=O)Nc2ncccn2)cc1. The standard InChI is InChI=1S/C18H15N7O4S/c26-17(23-24-18-22-14-4-1-2-5-15(14)29-18)21-12-6-8-13(9-7-12)30(27,28)25-16-19-10-3-11-20-16/h1-11H,(H,22,24)(H,19,20,25)(H2,21,23,26). The zero-order valence-corrected chi connectivity index (χ0v) is 16.1. The minimum absolute atomic E-state index is 0.00879. The summed E-state index contributed by atoms with van der Waals surface area (Å²) in [5.41, 5.74) is 6.54. The topological polar surface area (TPSA) is 151 Å². The Kier molecular flexibility index (Phi) is 5.13. The molecule has 0 aliphatic carbocycles. The first kappa shape index (κ1) is 19.1. The third kappa shape index (κ3) is 4.44. The van der Waals surface area contributed by atoms with Crippen LogP contribution in [-0.4, -0.2) is 29.4 Å². The first-order chi connectivity index (χ1) is 14.5. The van der Waals surface area contributed by atoms with Crippen molar-refractivity contribution in [1.29, 1.82) is 0 Å². The van der Waals surface area contributed by atoms with Crippen LogP contribution in [0.4, 0.5) is 22.4 Å². The van der Waals surface area contributed by atoms with Gasteiger partial charge in [-0.15, -0.1) is 0 Å². The number of amides is 2. The van der Waals surface area contributed by atoms with Gasteiger partial charge in [0.25, 0.3) is 10.0 Å². The number of anilines is 3. The van der Waals surface area contributed by atoms with Gasteiger partial charge in [-0.2, -0.15) is 4.98 Å². The number of sulfonamides is 1. The van der Waals surface area contributed by atoms with E-state index in [0.29, 0.717) is 16.8 Å². The van der Waals surface area contributed by atoms with E-state index in [-0.39, 0.29) is 16.9 Å². The number of hydrogen-bond acceptors (Lipinski definition) is 8. The van der Waals surface area contributed by atoms with Gasteiger partial charge >= 0.3 is 12.0 Å². The van der Waals surface area contributed by atoms with E-state index in [1.54, 1.807) is 18.2 Å². The molecule has 12 heteroatoms. The van der Waals surface area contributed by atoms with E-state index >= 15 is 0 Å². The van der Waals surface area contributed by atoms with Crippen LogP contribution in [0.15, 0.2) is 76.3 Å². The Balaban J connectivity index is 1.35. The molecular formula is C18H15N7O4S. The zero-order chi connectivity index (χ0) is 21.0. The van der Waals surface area contributed by atoms with Crippen molar-refractivity contribution < 1.29 is 17.6 Å². The van der Waals surface area contributed by atoms with E-state index in [1.165, 1.54) is 36.7 Å². The van der Waals surface area contributed by atoms with Crippen molar-refractivity contribution in [3.05, 3.63) is 67.0 Å². The van der Waals surface area contributed by atoms with Gasteiger partial charge in [0.2, 0.25) is 5.95 Å². The van der Waals surface area contributed by atoms with Gasteiger partial charge in [0.1, 0.15) is 5.52 Å². The zero-order valence-electron chi connectivity index (χ0n) is 15.2. The number of nitrogens with one attached hydrogen (secondary N) is 4. The molecule has 152 valence electrons. The Bertz CT molecular complexity index is 1240. The van der Waals surface area contributed by atoms with E-state index in [9.17, 15) is 13.2 Å². The normalized spacial score (nSPS) is 11.1. The van der Waals surface area contributed by atoms with E-state index in [4.69, 9.17) is 4.42 Å². The largest absolute Gasteiger partial charge is 0.422 e. The van der Waals surface area contributed by atoms with Crippen molar-refractivity contribution in [2.45, 2.75) is 4.90 Å². The second-order valence-corrected chi connectivity index (χ2v) is 7.58. The molecule has 2 amide bonds. The van der Waals surface area contributed by atoms with Crippen molar-refractivity contribution in [3.63, 3.8) is 0 Å². The van der Waals surface area contributed by atoms with Crippen molar-refractivity contribution >= 4 is 44.8 Å². The summed E-state index contributed by atoms with van der Waals surface area (Å²) in [6.45, 7) is 0. The molecule has 0 radical (unpaired) electrons. The lowest BCUT2D eigenvalue weighted by molar-refractivity contribution is 0.253. The number of nitrogens with zero attached hydrogens (tertiary/aromatic N) is 3. The van der Waals surface area contributed by atoms with Gasteiger partial charge in [-0.3, -0.25) is 0 Å². The molecular weight excluding hydrogens is 410 g/mol. The van der Waals surface area contributed by atoms with Crippen LogP contribution in [0, 0.1) is 0 Å². The first-order valence-corrected chi connectivity index (χ1v) is 10.1. The second kappa shape index (κ2) is 8.05. The van der Waals surface area contributed by atoms with Gasteiger partial charge in [0, 0.05) is 18.1 Å². The molecule has 0 bridgehead atoms. The van der Waals surface area contributed by atoms with Gasteiger partial charge in [-0.25, -0.2) is 38.8 Å². The van der Waals surface area contributed by atoms with E-state index in [0.717, 1.165) is 0 Å².